The quantitative estimate of drug-likeness (QED) is 0.456. The number of hydrogen-bond donors (Lipinski definition) is 2. The van der Waals surface area contributed by atoms with Crippen LogP contribution in [0, 0.1) is 10.1 Å². The molecular weight excluding hydrogens is 222 g/mol. The lowest BCUT2D eigenvalue weighted by atomic mass is 9.88. The first kappa shape index (κ1) is 11.4. The summed E-state index contributed by atoms with van der Waals surface area (Å²) in [5.41, 5.74) is 6.50. The van der Waals surface area contributed by atoms with E-state index in [-0.39, 0.29) is 17.5 Å². The highest BCUT2D eigenvalue weighted by Crippen LogP contribution is 2.33. The Balaban J connectivity index is 2.37. The minimum absolute atomic E-state index is 0.00435. The summed E-state index contributed by atoms with van der Waals surface area (Å²) in [6.07, 6.45) is 1.02. The van der Waals surface area contributed by atoms with Crippen molar-refractivity contribution in [2.24, 2.45) is 0 Å². The standard InChI is InChI=1S/C11H13N3O3/c12-8-1-2-9(10(6-8)14(16)17)7-3-4-13-11(15)5-7/h1-2,6-7H,3-5,12H2,(H,13,15)/t7-/m0/s1. The van der Waals surface area contributed by atoms with Crippen LogP contribution in [0.15, 0.2) is 18.2 Å². The Labute approximate surface area is 98.0 Å². The topological polar surface area (TPSA) is 98.3 Å². The molecule has 1 aromatic carbocycles. The summed E-state index contributed by atoms with van der Waals surface area (Å²) in [7, 11) is 0. The molecule has 0 unspecified atom stereocenters. The number of hydrogen-bond acceptors (Lipinski definition) is 4. The zero-order valence-electron chi connectivity index (χ0n) is 9.18. The van der Waals surface area contributed by atoms with E-state index >= 15 is 0 Å². The molecule has 6 heteroatoms. The van der Waals surface area contributed by atoms with Gasteiger partial charge in [-0.25, -0.2) is 0 Å². The number of piperidine rings is 1. The minimum atomic E-state index is -0.446. The summed E-state index contributed by atoms with van der Waals surface area (Å²) in [6.45, 7) is 0.561. The number of nitro groups is 1. The number of nitrogen functional groups attached to an aromatic ring is 1. The summed E-state index contributed by atoms with van der Waals surface area (Å²) >= 11 is 0. The van der Waals surface area contributed by atoms with E-state index in [9.17, 15) is 14.9 Å². The Morgan fingerprint density at radius 3 is 2.88 bits per heavy atom. The monoisotopic (exact) mass is 235 g/mol. The second-order valence-corrected chi connectivity index (χ2v) is 4.12. The smallest absolute Gasteiger partial charge is 0.274 e. The predicted molar refractivity (Wildman–Crippen MR) is 62.5 cm³/mol. The van der Waals surface area contributed by atoms with E-state index in [1.165, 1.54) is 6.07 Å². The summed E-state index contributed by atoms with van der Waals surface area (Å²) in [6, 6.07) is 4.63. The van der Waals surface area contributed by atoms with Crippen LogP contribution in [0.4, 0.5) is 11.4 Å². The number of nitrogens with two attached hydrogens (primary N) is 1. The average Bonchev–Trinajstić information content (AvgIpc) is 2.28. The van der Waals surface area contributed by atoms with Crippen molar-refractivity contribution < 1.29 is 9.72 Å². The normalized spacial score (nSPS) is 19.8. The molecule has 0 bridgehead atoms. The summed E-state index contributed by atoms with van der Waals surface area (Å²) in [5, 5.41) is 13.7. The Bertz CT molecular complexity index is 473. The third kappa shape index (κ3) is 2.35. The van der Waals surface area contributed by atoms with Crippen LogP contribution in [0.1, 0.15) is 24.3 Å². The van der Waals surface area contributed by atoms with Gasteiger partial charge in [-0.2, -0.15) is 0 Å². The lowest BCUT2D eigenvalue weighted by molar-refractivity contribution is -0.385. The van der Waals surface area contributed by atoms with E-state index in [2.05, 4.69) is 5.32 Å². The molecule has 3 N–H and O–H groups in total. The zero-order chi connectivity index (χ0) is 12.4. The first-order valence-corrected chi connectivity index (χ1v) is 5.38. The number of carbonyl (C=O) groups excluding carboxylic acids is 1. The Morgan fingerprint density at radius 2 is 2.24 bits per heavy atom. The van der Waals surface area contributed by atoms with Gasteiger partial charge in [0.1, 0.15) is 0 Å². The molecule has 1 heterocycles. The van der Waals surface area contributed by atoms with Gasteiger partial charge in [-0.3, -0.25) is 14.9 Å². The van der Waals surface area contributed by atoms with Crippen molar-refractivity contribution >= 4 is 17.3 Å². The van der Waals surface area contributed by atoms with Crippen LogP contribution in [0.3, 0.4) is 0 Å². The molecule has 1 amide bonds. The van der Waals surface area contributed by atoms with E-state index in [0.717, 1.165) is 6.42 Å². The highest BCUT2D eigenvalue weighted by Gasteiger charge is 2.26. The number of nitrogens with zero attached hydrogens (tertiary/aromatic N) is 1. The number of nitrogens with one attached hydrogen (secondary N) is 1. The zero-order valence-corrected chi connectivity index (χ0v) is 9.18. The Hall–Kier alpha value is -2.11. The molecule has 0 radical (unpaired) electrons. The summed E-state index contributed by atoms with van der Waals surface area (Å²) < 4.78 is 0. The van der Waals surface area contributed by atoms with E-state index in [4.69, 9.17) is 5.73 Å². The van der Waals surface area contributed by atoms with Gasteiger partial charge in [0, 0.05) is 36.2 Å². The van der Waals surface area contributed by atoms with E-state index < -0.39 is 4.92 Å². The van der Waals surface area contributed by atoms with Crippen molar-refractivity contribution in [3.8, 4) is 0 Å². The van der Waals surface area contributed by atoms with Crippen molar-refractivity contribution in [3.63, 3.8) is 0 Å². The fraction of sp³-hybridized carbons (Fsp3) is 0.364. The Kier molecular flexibility index (Phi) is 2.95. The van der Waals surface area contributed by atoms with Crippen LogP contribution in [0.25, 0.3) is 0 Å². The lowest BCUT2D eigenvalue weighted by Gasteiger charge is -2.22. The summed E-state index contributed by atoms with van der Waals surface area (Å²) in [5.74, 6) is -0.155. The van der Waals surface area contributed by atoms with Crippen LogP contribution in [0.2, 0.25) is 0 Å². The van der Waals surface area contributed by atoms with Gasteiger partial charge in [-0.05, 0) is 18.6 Å². The number of benzene rings is 1. The number of anilines is 1. The third-order valence-electron chi connectivity index (χ3n) is 2.94. The molecule has 1 atom stereocenters. The maximum Gasteiger partial charge on any atom is 0.274 e. The van der Waals surface area contributed by atoms with Crippen LogP contribution in [-0.4, -0.2) is 17.4 Å². The maximum atomic E-state index is 11.3. The van der Waals surface area contributed by atoms with Crippen LogP contribution in [-0.2, 0) is 4.79 Å². The second kappa shape index (κ2) is 4.40. The first-order valence-electron chi connectivity index (χ1n) is 5.38. The molecule has 1 saturated heterocycles. The van der Waals surface area contributed by atoms with E-state index in [1.807, 2.05) is 0 Å². The third-order valence-corrected chi connectivity index (χ3v) is 2.94. The molecule has 0 spiro atoms. The van der Waals surface area contributed by atoms with Crippen LogP contribution >= 0.6 is 0 Å². The Morgan fingerprint density at radius 1 is 1.47 bits per heavy atom. The molecule has 1 aromatic rings. The molecule has 1 aliphatic heterocycles. The molecule has 2 rings (SSSR count). The minimum Gasteiger partial charge on any atom is -0.399 e. The van der Waals surface area contributed by atoms with Gasteiger partial charge in [0.25, 0.3) is 5.69 Å². The molecular formula is C11H13N3O3. The largest absolute Gasteiger partial charge is 0.399 e. The van der Waals surface area contributed by atoms with Gasteiger partial charge in [0.15, 0.2) is 0 Å². The molecule has 17 heavy (non-hydrogen) atoms. The lowest BCUT2D eigenvalue weighted by Crippen LogP contribution is -2.32. The SMILES string of the molecule is Nc1ccc([C@H]2CCNC(=O)C2)c([N+](=O)[O-])c1. The molecule has 1 aliphatic rings. The fourth-order valence-electron chi connectivity index (χ4n) is 2.11. The van der Waals surface area contributed by atoms with Gasteiger partial charge < -0.3 is 11.1 Å². The van der Waals surface area contributed by atoms with Gasteiger partial charge in [-0.15, -0.1) is 0 Å². The molecule has 90 valence electrons. The van der Waals surface area contributed by atoms with Crippen LogP contribution in [0.5, 0.6) is 0 Å². The molecule has 0 saturated carbocycles. The van der Waals surface area contributed by atoms with Gasteiger partial charge in [0.05, 0.1) is 4.92 Å². The van der Waals surface area contributed by atoms with E-state index in [0.29, 0.717) is 24.2 Å². The van der Waals surface area contributed by atoms with Crippen LogP contribution < -0.4 is 11.1 Å². The number of carbonyl (C=O) groups is 1. The van der Waals surface area contributed by atoms with E-state index in [1.54, 1.807) is 12.1 Å². The van der Waals surface area contributed by atoms with Crippen molar-refractivity contribution in [1.29, 1.82) is 0 Å². The average molecular weight is 235 g/mol. The predicted octanol–water partition coefficient (Wildman–Crippen LogP) is 1.17. The fourth-order valence-corrected chi connectivity index (χ4v) is 2.11. The van der Waals surface area contributed by atoms with Crippen molar-refractivity contribution in [3.05, 3.63) is 33.9 Å². The van der Waals surface area contributed by atoms with Crippen molar-refractivity contribution in [2.45, 2.75) is 18.8 Å². The van der Waals surface area contributed by atoms with Crippen molar-refractivity contribution in [1.82, 2.24) is 5.32 Å². The van der Waals surface area contributed by atoms with Gasteiger partial charge in [-0.1, -0.05) is 0 Å². The van der Waals surface area contributed by atoms with Gasteiger partial charge in [0.2, 0.25) is 5.91 Å². The molecule has 0 aromatic heterocycles. The number of rotatable bonds is 2. The molecule has 6 nitrogen and oxygen atoms in total. The number of nitro benzene ring substituents is 1. The highest BCUT2D eigenvalue weighted by molar-refractivity contribution is 5.78. The number of amides is 1. The molecule has 0 aliphatic carbocycles. The molecule has 1 fully saturated rings. The van der Waals surface area contributed by atoms with Crippen molar-refractivity contribution in [2.75, 3.05) is 12.3 Å². The summed E-state index contributed by atoms with van der Waals surface area (Å²) in [4.78, 5) is 21.8. The second-order valence-electron chi connectivity index (χ2n) is 4.12. The highest BCUT2D eigenvalue weighted by atomic mass is 16.6. The first-order chi connectivity index (χ1) is 8.08. The maximum absolute atomic E-state index is 11.3. The van der Waals surface area contributed by atoms with Gasteiger partial charge >= 0.3 is 0 Å².